The molecule has 0 fully saturated rings. The topological polar surface area (TPSA) is 46.6 Å². The molecule has 0 saturated heterocycles. The summed E-state index contributed by atoms with van der Waals surface area (Å²) in [5.74, 6) is 0. The number of hydrogen-bond donors (Lipinski definition) is 0. The average molecular weight is 176 g/mol. The molecule has 0 saturated carbocycles. The SMILES string of the molecule is CN(CC=O)C(=O)OC(C)(C)C.[2HH]. The number of hydrogen-bond acceptors (Lipinski definition) is 3. The third kappa shape index (κ3) is 4.71. The molecule has 0 unspecified atom stereocenters. The molecule has 0 radical (unpaired) electrons. The van der Waals surface area contributed by atoms with Crippen LogP contribution in [0.2, 0.25) is 0 Å². The van der Waals surface area contributed by atoms with E-state index in [2.05, 4.69) is 0 Å². The highest BCUT2D eigenvalue weighted by Crippen LogP contribution is 2.08. The van der Waals surface area contributed by atoms with E-state index in [9.17, 15) is 9.59 Å². The smallest absolute Gasteiger partial charge is 0.410 e. The lowest BCUT2D eigenvalue weighted by atomic mass is 10.2. The Morgan fingerprint density at radius 1 is 1.58 bits per heavy atom. The van der Waals surface area contributed by atoms with Crippen molar-refractivity contribution in [1.82, 2.24) is 4.90 Å². The van der Waals surface area contributed by atoms with Crippen LogP contribution in [0, 0.1) is 0 Å². The number of carbonyl (C=O) groups excluding carboxylic acids is 2. The van der Waals surface area contributed by atoms with E-state index in [1.165, 1.54) is 11.9 Å². The summed E-state index contributed by atoms with van der Waals surface area (Å²) < 4.78 is 4.98. The van der Waals surface area contributed by atoms with Crippen LogP contribution in [0.25, 0.3) is 0 Å². The summed E-state index contributed by atoms with van der Waals surface area (Å²) in [4.78, 5) is 22.3. The molecule has 0 spiro atoms. The van der Waals surface area contributed by atoms with Crippen LogP contribution >= 0.6 is 0 Å². The summed E-state index contributed by atoms with van der Waals surface area (Å²) in [5.41, 5.74) is -0.506. The number of amides is 1. The van der Waals surface area contributed by atoms with Crippen LogP contribution in [0.1, 0.15) is 22.2 Å². The van der Waals surface area contributed by atoms with Gasteiger partial charge in [0, 0.05) is 8.47 Å². The van der Waals surface area contributed by atoms with Gasteiger partial charge in [0.2, 0.25) is 0 Å². The van der Waals surface area contributed by atoms with Crippen LogP contribution in [-0.4, -0.2) is 36.5 Å². The Morgan fingerprint density at radius 3 is 2.42 bits per heavy atom. The zero-order valence-corrected chi connectivity index (χ0v) is 7.96. The molecule has 0 aliphatic rings. The first-order valence-electron chi connectivity index (χ1n) is 3.74. The number of likely N-dealkylation sites (N-methyl/N-ethyl adjacent to an activating group) is 1. The first kappa shape index (κ1) is 10.9. The molecule has 0 heterocycles. The van der Waals surface area contributed by atoms with E-state index in [1.807, 2.05) is 0 Å². The van der Waals surface area contributed by atoms with Crippen LogP contribution in [0.4, 0.5) is 4.79 Å². The first-order chi connectivity index (χ1) is 5.37. The highest BCUT2D eigenvalue weighted by atomic mass is 16.6. The molecule has 72 valence electrons. The van der Waals surface area contributed by atoms with Crippen LogP contribution < -0.4 is 0 Å². The Kier molecular flexibility index (Phi) is 3.73. The average Bonchev–Trinajstić information content (AvgIpc) is 1.84. The molecule has 4 heteroatoms. The van der Waals surface area contributed by atoms with Crippen LogP contribution in [0.15, 0.2) is 0 Å². The van der Waals surface area contributed by atoms with E-state index in [-0.39, 0.29) is 7.97 Å². The predicted molar refractivity (Wildman–Crippen MR) is 47.0 cm³/mol. The van der Waals surface area contributed by atoms with Crippen molar-refractivity contribution in [3.05, 3.63) is 0 Å². The zero-order valence-electron chi connectivity index (χ0n) is 7.96. The lowest BCUT2D eigenvalue weighted by Crippen LogP contribution is -2.35. The van der Waals surface area contributed by atoms with Crippen LogP contribution in [0.5, 0.6) is 0 Å². The molecule has 0 aromatic carbocycles. The van der Waals surface area contributed by atoms with E-state index >= 15 is 0 Å². The van der Waals surface area contributed by atoms with Gasteiger partial charge in [0.05, 0.1) is 6.54 Å². The molecule has 0 aromatic heterocycles. The number of aldehydes is 1. The van der Waals surface area contributed by atoms with Crippen LogP contribution in [0.3, 0.4) is 0 Å². The fourth-order valence-electron chi connectivity index (χ4n) is 0.526. The molecule has 0 aliphatic carbocycles. The Hall–Kier alpha value is -1.06. The Balaban J connectivity index is 0. The third-order valence-electron chi connectivity index (χ3n) is 1.05. The van der Waals surface area contributed by atoms with Gasteiger partial charge in [-0.15, -0.1) is 0 Å². The number of carbonyl (C=O) groups is 2. The van der Waals surface area contributed by atoms with Crippen molar-refractivity contribution < 1.29 is 15.8 Å². The molecule has 0 bridgehead atoms. The molecule has 0 rings (SSSR count). The zero-order chi connectivity index (χ0) is 9.78. The molecular formula is C8H17NO3. The molecule has 12 heavy (non-hydrogen) atoms. The van der Waals surface area contributed by atoms with Crippen molar-refractivity contribution in [1.29, 1.82) is 0 Å². The molecule has 0 N–H and O–H groups in total. The number of rotatable bonds is 2. The predicted octanol–water partition coefficient (Wildman–Crippen LogP) is 1.30. The van der Waals surface area contributed by atoms with Crippen molar-refractivity contribution in [3.63, 3.8) is 0 Å². The molecule has 1 amide bonds. The molecular weight excluding hydrogens is 158 g/mol. The van der Waals surface area contributed by atoms with E-state index < -0.39 is 11.7 Å². The van der Waals surface area contributed by atoms with Gasteiger partial charge < -0.3 is 14.4 Å². The summed E-state index contributed by atoms with van der Waals surface area (Å²) in [6.45, 7) is 5.40. The maximum atomic E-state index is 11.1. The summed E-state index contributed by atoms with van der Waals surface area (Å²) in [6, 6.07) is 0. The monoisotopic (exact) mass is 176 g/mol. The van der Waals surface area contributed by atoms with Crippen molar-refractivity contribution >= 4 is 12.4 Å². The van der Waals surface area contributed by atoms with Gasteiger partial charge in [0.15, 0.2) is 0 Å². The normalized spacial score (nSPS) is 10.7. The quantitative estimate of drug-likeness (QED) is 0.596. The largest absolute Gasteiger partial charge is 0.444 e. The molecule has 0 aromatic rings. The van der Waals surface area contributed by atoms with Gasteiger partial charge in [-0.1, -0.05) is 0 Å². The maximum Gasteiger partial charge on any atom is 0.410 e. The summed E-state index contributed by atoms with van der Waals surface area (Å²) in [7, 11) is 1.52. The van der Waals surface area contributed by atoms with Gasteiger partial charge in [-0.3, -0.25) is 0 Å². The van der Waals surface area contributed by atoms with E-state index in [4.69, 9.17) is 4.74 Å². The second kappa shape index (κ2) is 4.09. The van der Waals surface area contributed by atoms with Crippen molar-refractivity contribution in [3.8, 4) is 0 Å². The van der Waals surface area contributed by atoms with Crippen molar-refractivity contribution in [2.24, 2.45) is 0 Å². The Morgan fingerprint density at radius 2 is 2.08 bits per heavy atom. The van der Waals surface area contributed by atoms with Crippen molar-refractivity contribution in [2.75, 3.05) is 13.6 Å². The molecule has 0 atom stereocenters. The maximum absolute atomic E-state index is 11.1. The minimum absolute atomic E-state index is 0. The van der Waals surface area contributed by atoms with Gasteiger partial charge in [0.1, 0.15) is 11.9 Å². The van der Waals surface area contributed by atoms with Gasteiger partial charge in [0.25, 0.3) is 0 Å². The van der Waals surface area contributed by atoms with Gasteiger partial charge in [-0.2, -0.15) is 0 Å². The number of nitrogens with zero attached hydrogens (tertiary/aromatic N) is 1. The molecule has 0 aliphatic heterocycles. The van der Waals surface area contributed by atoms with E-state index in [0.717, 1.165) is 0 Å². The molecule has 4 nitrogen and oxygen atoms in total. The summed E-state index contributed by atoms with van der Waals surface area (Å²) in [6.07, 6.45) is 0.179. The minimum Gasteiger partial charge on any atom is -0.444 e. The van der Waals surface area contributed by atoms with Crippen molar-refractivity contribution in [2.45, 2.75) is 26.4 Å². The summed E-state index contributed by atoms with van der Waals surface area (Å²) >= 11 is 0. The number of ether oxygens (including phenoxy) is 1. The lowest BCUT2D eigenvalue weighted by molar-refractivity contribution is -0.108. The van der Waals surface area contributed by atoms with Gasteiger partial charge in [-0.25, -0.2) is 4.79 Å². The fourth-order valence-corrected chi connectivity index (χ4v) is 0.526. The van der Waals surface area contributed by atoms with E-state index in [1.54, 1.807) is 20.8 Å². The van der Waals surface area contributed by atoms with Gasteiger partial charge >= 0.3 is 6.09 Å². The fraction of sp³-hybridized carbons (Fsp3) is 0.750. The third-order valence-corrected chi connectivity index (χ3v) is 1.05. The van der Waals surface area contributed by atoms with Gasteiger partial charge in [-0.05, 0) is 20.8 Å². The second-order valence-electron chi connectivity index (χ2n) is 3.53. The van der Waals surface area contributed by atoms with Crippen LogP contribution in [-0.2, 0) is 9.53 Å². The lowest BCUT2D eigenvalue weighted by Gasteiger charge is -2.23. The first-order valence-corrected chi connectivity index (χ1v) is 3.74. The highest BCUT2D eigenvalue weighted by molar-refractivity contribution is 5.71. The Labute approximate surface area is 74.0 Å². The summed E-state index contributed by atoms with van der Waals surface area (Å²) in [5, 5.41) is 0. The second-order valence-corrected chi connectivity index (χ2v) is 3.53. The highest BCUT2D eigenvalue weighted by Gasteiger charge is 2.18. The minimum atomic E-state index is -0.506. The standard InChI is InChI=1S/C8H15NO3.H2/c1-8(2,3)12-7(11)9(4)5-6-10;/h6H,5H2,1-4H3;1H/i;1+1. The Bertz CT molecular complexity index is 177. The van der Waals surface area contributed by atoms with E-state index in [0.29, 0.717) is 6.29 Å².